The van der Waals surface area contributed by atoms with E-state index in [1.807, 2.05) is 30.3 Å². The van der Waals surface area contributed by atoms with Gasteiger partial charge in [0, 0.05) is 16.4 Å². The maximum absolute atomic E-state index is 13.4. The van der Waals surface area contributed by atoms with Crippen LogP contribution in [0, 0.1) is 5.92 Å². The van der Waals surface area contributed by atoms with Crippen LogP contribution in [0.3, 0.4) is 0 Å². The van der Waals surface area contributed by atoms with Crippen LogP contribution in [0.1, 0.15) is 36.8 Å². The van der Waals surface area contributed by atoms with Gasteiger partial charge in [-0.05, 0) is 98.1 Å². The lowest BCUT2D eigenvalue weighted by Crippen LogP contribution is -2.36. The van der Waals surface area contributed by atoms with E-state index in [-0.39, 0.29) is 5.56 Å². The highest BCUT2D eigenvalue weighted by Gasteiger charge is 2.22. The number of benzene rings is 2. The summed E-state index contributed by atoms with van der Waals surface area (Å²) in [6.07, 6.45) is 9.23. The third-order valence-electron chi connectivity index (χ3n) is 7.33. The lowest BCUT2D eigenvalue weighted by molar-refractivity contribution is 0.187. The Bertz CT molecular complexity index is 1390. The van der Waals surface area contributed by atoms with Crippen LogP contribution in [0.5, 0.6) is 0 Å². The molecule has 1 aliphatic heterocycles. The number of hydrogen-bond donors (Lipinski definition) is 0. The van der Waals surface area contributed by atoms with Crippen LogP contribution in [0.4, 0.5) is 0 Å². The molecule has 34 heavy (non-hydrogen) atoms. The van der Waals surface area contributed by atoms with Gasteiger partial charge in [-0.2, -0.15) is 0 Å². The average molecular weight is 490 g/mol. The molecule has 1 atom stereocenters. The normalized spacial score (nSPS) is 18.8. The van der Waals surface area contributed by atoms with E-state index in [0.29, 0.717) is 9.72 Å². The van der Waals surface area contributed by atoms with Gasteiger partial charge in [0.1, 0.15) is 11.0 Å². The Labute approximate surface area is 208 Å². The number of likely N-dealkylation sites (tertiary alicyclic amines) is 1. The summed E-state index contributed by atoms with van der Waals surface area (Å²) in [5, 5.41) is 0.704. The second kappa shape index (κ2) is 9.29. The lowest BCUT2D eigenvalue weighted by Gasteiger charge is -2.33. The Hall–Kier alpha value is -2.47. The number of fused-ring (bicyclic) bond motifs is 2. The van der Waals surface area contributed by atoms with Gasteiger partial charge in [-0.1, -0.05) is 36.2 Å². The number of thiophene rings is 1. The van der Waals surface area contributed by atoms with Crippen molar-refractivity contribution in [2.75, 3.05) is 19.6 Å². The first-order chi connectivity index (χ1) is 16.6. The van der Waals surface area contributed by atoms with Crippen molar-refractivity contribution in [3.63, 3.8) is 0 Å². The molecular weight excluding hydrogens is 462 g/mol. The van der Waals surface area contributed by atoms with Crippen molar-refractivity contribution in [2.45, 2.75) is 38.5 Å². The molecule has 1 fully saturated rings. The Morgan fingerprint density at radius 2 is 1.82 bits per heavy atom. The molecule has 3 heterocycles. The van der Waals surface area contributed by atoms with E-state index in [4.69, 9.17) is 11.6 Å². The van der Waals surface area contributed by atoms with Gasteiger partial charge in [-0.3, -0.25) is 9.36 Å². The van der Waals surface area contributed by atoms with Crippen LogP contribution in [-0.4, -0.2) is 34.1 Å². The average Bonchev–Trinajstić information content (AvgIpc) is 3.30. The number of halogens is 1. The minimum Gasteiger partial charge on any atom is -0.303 e. The van der Waals surface area contributed by atoms with Crippen molar-refractivity contribution in [2.24, 2.45) is 5.92 Å². The summed E-state index contributed by atoms with van der Waals surface area (Å²) < 4.78 is 2.39. The highest BCUT2D eigenvalue weighted by Crippen LogP contribution is 2.32. The molecule has 0 N–H and O–H groups in total. The van der Waals surface area contributed by atoms with Gasteiger partial charge in [0.15, 0.2) is 0 Å². The largest absolute Gasteiger partial charge is 0.303 e. The van der Waals surface area contributed by atoms with E-state index >= 15 is 0 Å². The molecule has 174 valence electrons. The number of aryl methyl sites for hydroxylation is 1. The van der Waals surface area contributed by atoms with Crippen LogP contribution in [0.15, 0.2) is 59.7 Å². The number of hydrogen-bond acceptors (Lipinski definition) is 4. The smallest absolute Gasteiger partial charge is 0.275 e. The molecule has 4 aromatic rings. The minimum absolute atomic E-state index is 0.00560. The molecule has 4 nitrogen and oxygen atoms in total. The summed E-state index contributed by atoms with van der Waals surface area (Å²) in [6, 6.07) is 16.2. The van der Waals surface area contributed by atoms with Crippen molar-refractivity contribution in [3.8, 4) is 16.1 Å². The fraction of sp³-hybridized carbons (Fsp3) is 0.357. The first-order valence-electron chi connectivity index (χ1n) is 12.3. The molecule has 6 heteroatoms. The zero-order valence-corrected chi connectivity index (χ0v) is 20.7. The minimum atomic E-state index is -0.00560. The highest BCUT2D eigenvalue weighted by molar-refractivity contribution is 7.22. The molecule has 2 aromatic carbocycles. The second-order valence-corrected chi connectivity index (χ2v) is 11.2. The Balaban J connectivity index is 1.26. The maximum Gasteiger partial charge on any atom is 0.275 e. The lowest BCUT2D eigenvalue weighted by atomic mass is 9.83. The first kappa shape index (κ1) is 22.0. The summed E-state index contributed by atoms with van der Waals surface area (Å²) in [4.78, 5) is 21.7. The van der Waals surface area contributed by atoms with E-state index in [1.165, 1.54) is 67.8 Å². The molecule has 6 rings (SSSR count). The molecule has 0 spiro atoms. The SMILES string of the molecule is O=c1c2sc(-c3ccc(Cl)cc3)cc2ncn1-c1ccc2c(c1)CCC(CN1CCCCC1)C2. The molecule has 2 aromatic heterocycles. The summed E-state index contributed by atoms with van der Waals surface area (Å²) in [5.41, 5.74) is 5.52. The highest BCUT2D eigenvalue weighted by atomic mass is 35.5. The summed E-state index contributed by atoms with van der Waals surface area (Å²) in [5.74, 6) is 0.745. The number of aromatic nitrogens is 2. The third kappa shape index (κ3) is 4.33. The van der Waals surface area contributed by atoms with Gasteiger partial charge in [-0.15, -0.1) is 11.3 Å². The van der Waals surface area contributed by atoms with E-state index in [1.54, 1.807) is 10.9 Å². The topological polar surface area (TPSA) is 38.1 Å². The molecule has 1 unspecified atom stereocenters. The molecule has 0 amide bonds. The molecule has 0 saturated carbocycles. The Kier molecular flexibility index (Phi) is 6.02. The van der Waals surface area contributed by atoms with Crippen molar-refractivity contribution in [1.29, 1.82) is 0 Å². The predicted molar refractivity (Wildman–Crippen MR) is 141 cm³/mol. The molecular formula is C28H28ClN3OS. The van der Waals surface area contributed by atoms with Crippen LogP contribution in [-0.2, 0) is 12.8 Å². The summed E-state index contributed by atoms with van der Waals surface area (Å²) in [6.45, 7) is 3.77. The standard InChI is InChI=1S/C28H28ClN3OS/c29-23-9-6-20(7-10-23)26-16-25-27(34-26)28(33)32(18-30-25)24-11-8-21-14-19(4-5-22(21)15-24)17-31-12-2-1-3-13-31/h6-11,15-16,18-19H,1-5,12-14,17H2. The fourth-order valence-electron chi connectivity index (χ4n) is 5.48. The van der Waals surface area contributed by atoms with E-state index < -0.39 is 0 Å². The van der Waals surface area contributed by atoms with Crippen molar-refractivity contribution in [3.05, 3.63) is 81.4 Å². The second-order valence-electron chi connectivity index (χ2n) is 9.67. The number of nitrogens with zero attached hydrogens (tertiary/aromatic N) is 3. The van der Waals surface area contributed by atoms with Gasteiger partial charge >= 0.3 is 0 Å². The van der Waals surface area contributed by atoms with E-state index in [0.717, 1.165) is 40.4 Å². The summed E-state index contributed by atoms with van der Waals surface area (Å²) in [7, 11) is 0. The van der Waals surface area contributed by atoms with Crippen molar-refractivity contribution in [1.82, 2.24) is 14.5 Å². The third-order valence-corrected chi connectivity index (χ3v) is 8.74. The molecule has 1 saturated heterocycles. The fourth-order valence-corrected chi connectivity index (χ4v) is 6.65. The quantitative estimate of drug-likeness (QED) is 0.335. The first-order valence-corrected chi connectivity index (χ1v) is 13.5. The van der Waals surface area contributed by atoms with E-state index in [2.05, 4.69) is 28.1 Å². The van der Waals surface area contributed by atoms with Crippen LogP contribution >= 0.6 is 22.9 Å². The van der Waals surface area contributed by atoms with Gasteiger partial charge in [0.05, 0.1) is 11.2 Å². The zero-order chi connectivity index (χ0) is 23.1. The van der Waals surface area contributed by atoms with Crippen molar-refractivity contribution >= 4 is 33.2 Å². The van der Waals surface area contributed by atoms with Crippen LogP contribution in [0.25, 0.3) is 26.3 Å². The molecule has 2 aliphatic rings. The Morgan fingerprint density at radius 1 is 1.00 bits per heavy atom. The molecule has 1 aliphatic carbocycles. The van der Waals surface area contributed by atoms with Crippen LogP contribution in [0.2, 0.25) is 5.02 Å². The van der Waals surface area contributed by atoms with Gasteiger partial charge < -0.3 is 4.90 Å². The molecule has 0 radical (unpaired) electrons. The molecule has 0 bridgehead atoms. The monoisotopic (exact) mass is 489 g/mol. The number of piperidine rings is 1. The predicted octanol–water partition coefficient (Wildman–Crippen LogP) is 6.36. The number of rotatable bonds is 4. The maximum atomic E-state index is 13.4. The van der Waals surface area contributed by atoms with Gasteiger partial charge in [-0.25, -0.2) is 4.98 Å². The Morgan fingerprint density at radius 3 is 2.65 bits per heavy atom. The van der Waals surface area contributed by atoms with Gasteiger partial charge in [0.2, 0.25) is 0 Å². The van der Waals surface area contributed by atoms with Crippen molar-refractivity contribution < 1.29 is 0 Å². The zero-order valence-electron chi connectivity index (χ0n) is 19.2. The van der Waals surface area contributed by atoms with Gasteiger partial charge in [0.25, 0.3) is 5.56 Å². The summed E-state index contributed by atoms with van der Waals surface area (Å²) >= 11 is 7.52. The van der Waals surface area contributed by atoms with E-state index in [9.17, 15) is 4.79 Å². The van der Waals surface area contributed by atoms with Crippen LogP contribution < -0.4 is 5.56 Å².